The molecule has 0 heterocycles. The summed E-state index contributed by atoms with van der Waals surface area (Å²) in [6.45, 7) is 7.18. The largest absolute Gasteiger partial charge is 0.383 e. The molecule has 2 aromatic rings. The summed E-state index contributed by atoms with van der Waals surface area (Å²) in [6.07, 6.45) is -1.30. The summed E-state index contributed by atoms with van der Waals surface area (Å²) in [5.74, 6) is -1.41. The quantitative estimate of drug-likeness (QED) is 0.868. The predicted molar refractivity (Wildman–Crippen MR) is 75.8 cm³/mol. The molecule has 0 amide bonds. The lowest BCUT2D eigenvalue weighted by Crippen LogP contribution is -2.10. The van der Waals surface area contributed by atoms with Crippen LogP contribution in [0.3, 0.4) is 0 Å². The maximum absolute atomic E-state index is 14.1. The minimum Gasteiger partial charge on any atom is -0.383 e. The third-order valence-electron chi connectivity index (χ3n) is 3.60. The second kappa shape index (κ2) is 5.33. The van der Waals surface area contributed by atoms with Crippen molar-refractivity contribution in [1.82, 2.24) is 0 Å². The van der Waals surface area contributed by atoms with Gasteiger partial charge in [0.25, 0.3) is 0 Å². The number of benzene rings is 2. The fourth-order valence-electron chi connectivity index (χ4n) is 2.70. The van der Waals surface area contributed by atoms with Crippen molar-refractivity contribution in [1.29, 1.82) is 0 Å². The molecule has 0 aliphatic rings. The molecule has 0 saturated carbocycles. The zero-order chi connectivity index (χ0) is 15.0. The molecule has 0 aliphatic carbocycles. The molecule has 0 aromatic heterocycles. The maximum atomic E-state index is 14.1. The third kappa shape index (κ3) is 2.46. The van der Waals surface area contributed by atoms with E-state index in [1.54, 1.807) is 6.92 Å². The van der Waals surface area contributed by atoms with Crippen molar-refractivity contribution in [2.24, 2.45) is 0 Å². The van der Waals surface area contributed by atoms with Crippen molar-refractivity contribution in [2.75, 3.05) is 0 Å². The van der Waals surface area contributed by atoms with Crippen LogP contribution in [0, 0.1) is 39.3 Å². The average molecular weight is 276 g/mol. The van der Waals surface area contributed by atoms with Gasteiger partial charge in [0.15, 0.2) is 0 Å². The molecule has 2 rings (SSSR count). The molecule has 1 atom stereocenters. The van der Waals surface area contributed by atoms with E-state index in [1.165, 1.54) is 12.1 Å². The maximum Gasteiger partial charge on any atom is 0.135 e. The number of rotatable bonds is 2. The van der Waals surface area contributed by atoms with Crippen molar-refractivity contribution >= 4 is 0 Å². The van der Waals surface area contributed by atoms with Gasteiger partial charge in [-0.25, -0.2) is 8.78 Å². The molecule has 0 spiro atoms. The van der Waals surface area contributed by atoms with Gasteiger partial charge in [-0.15, -0.1) is 0 Å². The topological polar surface area (TPSA) is 20.2 Å². The van der Waals surface area contributed by atoms with Crippen molar-refractivity contribution < 1.29 is 13.9 Å². The zero-order valence-electron chi connectivity index (χ0n) is 12.1. The van der Waals surface area contributed by atoms with E-state index in [0.29, 0.717) is 11.1 Å². The van der Waals surface area contributed by atoms with Gasteiger partial charge in [-0.2, -0.15) is 0 Å². The molecule has 0 fully saturated rings. The lowest BCUT2D eigenvalue weighted by molar-refractivity contribution is 0.207. The van der Waals surface area contributed by atoms with E-state index in [1.807, 2.05) is 32.9 Å². The molecule has 0 radical (unpaired) electrons. The Labute approximate surface area is 117 Å². The first-order valence-electron chi connectivity index (χ1n) is 6.53. The normalized spacial score (nSPS) is 12.6. The van der Waals surface area contributed by atoms with E-state index in [9.17, 15) is 13.9 Å². The minimum absolute atomic E-state index is 0.278. The molecule has 3 heteroatoms. The van der Waals surface area contributed by atoms with Gasteiger partial charge in [0, 0.05) is 0 Å². The predicted octanol–water partition coefficient (Wildman–Crippen LogP) is 4.28. The van der Waals surface area contributed by atoms with Crippen LogP contribution in [-0.4, -0.2) is 5.11 Å². The smallest absolute Gasteiger partial charge is 0.135 e. The Hall–Kier alpha value is -1.74. The van der Waals surface area contributed by atoms with Crippen molar-refractivity contribution in [3.05, 3.63) is 69.3 Å². The van der Waals surface area contributed by atoms with Gasteiger partial charge in [0.1, 0.15) is 17.7 Å². The molecule has 2 aromatic carbocycles. The van der Waals surface area contributed by atoms with E-state index in [-0.39, 0.29) is 5.56 Å². The Morgan fingerprint density at radius 3 is 1.95 bits per heavy atom. The lowest BCUT2D eigenvalue weighted by atomic mass is 9.91. The Kier molecular flexibility index (Phi) is 3.91. The van der Waals surface area contributed by atoms with E-state index < -0.39 is 17.7 Å². The molecule has 0 bridgehead atoms. The van der Waals surface area contributed by atoms with Crippen LogP contribution in [0.5, 0.6) is 0 Å². The highest BCUT2D eigenvalue weighted by molar-refractivity contribution is 5.44. The van der Waals surface area contributed by atoms with Gasteiger partial charge in [-0.3, -0.25) is 0 Å². The minimum atomic E-state index is -1.30. The second-order valence-corrected chi connectivity index (χ2v) is 5.31. The highest BCUT2D eigenvalue weighted by Gasteiger charge is 2.23. The lowest BCUT2D eigenvalue weighted by Gasteiger charge is -2.19. The number of aryl methyl sites for hydroxylation is 4. The SMILES string of the molecule is Cc1cc(C)c(C(O)c2c(F)ccc(C)c2F)c(C)c1. The van der Waals surface area contributed by atoms with Crippen molar-refractivity contribution in [2.45, 2.75) is 33.8 Å². The van der Waals surface area contributed by atoms with Crippen LogP contribution in [0.15, 0.2) is 24.3 Å². The van der Waals surface area contributed by atoms with Crippen LogP contribution in [0.4, 0.5) is 8.78 Å². The van der Waals surface area contributed by atoms with Crippen LogP contribution >= 0.6 is 0 Å². The fourth-order valence-corrected chi connectivity index (χ4v) is 2.70. The summed E-state index contributed by atoms with van der Waals surface area (Å²) in [5.41, 5.74) is 3.33. The molecule has 106 valence electrons. The molecule has 20 heavy (non-hydrogen) atoms. The van der Waals surface area contributed by atoms with Crippen LogP contribution in [0.1, 0.15) is 39.5 Å². The first kappa shape index (κ1) is 14.7. The van der Waals surface area contributed by atoms with E-state index in [4.69, 9.17) is 0 Å². The van der Waals surface area contributed by atoms with Crippen LogP contribution in [0.2, 0.25) is 0 Å². The van der Waals surface area contributed by atoms with Gasteiger partial charge in [-0.05, 0) is 56.0 Å². The van der Waals surface area contributed by atoms with Crippen LogP contribution < -0.4 is 0 Å². The highest BCUT2D eigenvalue weighted by atomic mass is 19.1. The van der Waals surface area contributed by atoms with Crippen LogP contribution in [0.25, 0.3) is 0 Å². The number of halogens is 2. The van der Waals surface area contributed by atoms with Gasteiger partial charge in [-0.1, -0.05) is 23.8 Å². The Morgan fingerprint density at radius 2 is 1.40 bits per heavy atom. The van der Waals surface area contributed by atoms with E-state index in [0.717, 1.165) is 16.7 Å². The Bertz CT molecular complexity index is 639. The van der Waals surface area contributed by atoms with E-state index >= 15 is 0 Å². The number of hydrogen-bond donors (Lipinski definition) is 1. The number of hydrogen-bond acceptors (Lipinski definition) is 1. The number of aliphatic hydroxyl groups is 1. The third-order valence-corrected chi connectivity index (χ3v) is 3.60. The summed E-state index contributed by atoms with van der Waals surface area (Å²) in [5, 5.41) is 10.5. The fraction of sp³-hybridized carbons (Fsp3) is 0.294. The summed E-state index contributed by atoms with van der Waals surface area (Å²) in [6, 6.07) is 6.36. The van der Waals surface area contributed by atoms with Crippen molar-refractivity contribution in [3.8, 4) is 0 Å². The first-order valence-corrected chi connectivity index (χ1v) is 6.53. The molecule has 1 unspecified atom stereocenters. The summed E-state index contributed by atoms with van der Waals surface area (Å²) >= 11 is 0. The van der Waals surface area contributed by atoms with Gasteiger partial charge in [0.2, 0.25) is 0 Å². The molecular weight excluding hydrogens is 258 g/mol. The Balaban J connectivity index is 2.64. The summed E-state index contributed by atoms with van der Waals surface area (Å²) in [7, 11) is 0. The Morgan fingerprint density at radius 1 is 0.850 bits per heavy atom. The summed E-state index contributed by atoms with van der Waals surface area (Å²) in [4.78, 5) is 0. The number of aliphatic hydroxyl groups excluding tert-OH is 1. The van der Waals surface area contributed by atoms with Gasteiger partial charge in [0.05, 0.1) is 5.56 Å². The average Bonchev–Trinajstić information content (AvgIpc) is 2.33. The molecule has 0 aliphatic heterocycles. The molecule has 1 nitrogen and oxygen atoms in total. The molecule has 1 N–H and O–H groups in total. The first-order chi connectivity index (χ1) is 9.32. The van der Waals surface area contributed by atoms with E-state index in [2.05, 4.69) is 0 Å². The molecular formula is C17H18F2O. The van der Waals surface area contributed by atoms with Crippen molar-refractivity contribution in [3.63, 3.8) is 0 Å². The zero-order valence-corrected chi connectivity index (χ0v) is 12.1. The molecule has 0 saturated heterocycles. The monoisotopic (exact) mass is 276 g/mol. The summed E-state index contributed by atoms with van der Waals surface area (Å²) < 4.78 is 28.1. The van der Waals surface area contributed by atoms with Gasteiger partial charge >= 0.3 is 0 Å². The second-order valence-electron chi connectivity index (χ2n) is 5.31. The van der Waals surface area contributed by atoms with Gasteiger partial charge < -0.3 is 5.11 Å². The highest BCUT2D eigenvalue weighted by Crippen LogP contribution is 2.32. The van der Waals surface area contributed by atoms with Crippen LogP contribution in [-0.2, 0) is 0 Å². The standard InChI is InChI=1S/C17H18F2O/c1-9-7-11(3)14(12(4)8-9)17(20)15-13(18)6-5-10(2)16(15)19/h5-8,17,20H,1-4H3.